The molecule has 0 aromatic carbocycles. The molecule has 0 radical (unpaired) electrons. The molecule has 0 aromatic heterocycles. The van der Waals surface area contributed by atoms with Crippen LogP contribution in [0.2, 0.25) is 0 Å². The molecule has 0 amide bonds. The zero-order valence-corrected chi connectivity index (χ0v) is 9.85. The van der Waals surface area contributed by atoms with Gasteiger partial charge in [-0.2, -0.15) is 0 Å². The van der Waals surface area contributed by atoms with Gasteiger partial charge in [0.2, 0.25) is 0 Å². The number of carboxylic acid groups (broad SMARTS) is 1. The summed E-state index contributed by atoms with van der Waals surface area (Å²) < 4.78 is 0. The summed E-state index contributed by atoms with van der Waals surface area (Å²) in [5, 5.41) is 8.14. The van der Waals surface area contributed by atoms with Crippen LogP contribution in [0.15, 0.2) is 0 Å². The Morgan fingerprint density at radius 3 is 2.33 bits per heavy atom. The van der Waals surface area contributed by atoms with Crippen LogP contribution in [0.1, 0.15) is 32.6 Å². The van der Waals surface area contributed by atoms with Crippen molar-refractivity contribution in [2.45, 2.75) is 32.6 Å². The summed E-state index contributed by atoms with van der Waals surface area (Å²) in [5.74, 6) is -0.682. The zero-order chi connectivity index (χ0) is 6.41. The van der Waals surface area contributed by atoms with Crippen LogP contribution in [-0.2, 0) is 4.79 Å². The predicted molar refractivity (Wildman–Crippen MR) is 31.8 cm³/mol. The van der Waals surface area contributed by atoms with Crippen molar-refractivity contribution in [1.82, 2.24) is 0 Å². The van der Waals surface area contributed by atoms with Crippen LogP contribution >= 0.6 is 0 Å². The third-order valence-corrected chi connectivity index (χ3v) is 0.994. The third kappa shape index (κ3) is 11.9. The van der Waals surface area contributed by atoms with E-state index in [0.717, 1.165) is 19.3 Å². The van der Waals surface area contributed by atoms with E-state index in [1.165, 1.54) is 0 Å². The van der Waals surface area contributed by atoms with Gasteiger partial charge in [-0.3, -0.25) is 4.79 Å². The van der Waals surface area contributed by atoms with Crippen molar-refractivity contribution in [3.05, 3.63) is 0 Å². The van der Waals surface area contributed by atoms with Crippen molar-refractivity contribution in [2.75, 3.05) is 0 Å². The van der Waals surface area contributed by atoms with Crippen molar-refractivity contribution in [3.8, 4) is 0 Å². The smallest absolute Gasteiger partial charge is 0.303 e. The van der Waals surface area contributed by atoms with Gasteiger partial charge in [0.25, 0.3) is 0 Å². The summed E-state index contributed by atoms with van der Waals surface area (Å²) in [7, 11) is 0. The van der Waals surface area contributed by atoms with Crippen LogP contribution in [0, 0.1) is 31.1 Å². The largest absolute Gasteiger partial charge is 0.481 e. The maximum atomic E-state index is 9.87. The van der Waals surface area contributed by atoms with Crippen LogP contribution in [0.3, 0.4) is 0 Å². The second-order valence-corrected chi connectivity index (χ2v) is 1.85. The molecule has 0 heterocycles. The molecular weight excluding hydrogens is 342 g/mol. The van der Waals surface area contributed by atoms with Crippen LogP contribution in [0.4, 0.5) is 0 Å². The molecular formula is C6H12O2U. The molecule has 0 aliphatic heterocycles. The van der Waals surface area contributed by atoms with Crippen LogP contribution in [0.5, 0.6) is 0 Å². The maximum Gasteiger partial charge on any atom is 0.303 e. The number of aliphatic carboxylic acids is 1. The summed E-state index contributed by atoms with van der Waals surface area (Å²) >= 11 is 0. The van der Waals surface area contributed by atoms with E-state index in [1.807, 2.05) is 0 Å². The van der Waals surface area contributed by atoms with Gasteiger partial charge in [0.15, 0.2) is 0 Å². The van der Waals surface area contributed by atoms with E-state index in [-0.39, 0.29) is 31.1 Å². The molecule has 0 spiro atoms. The van der Waals surface area contributed by atoms with Gasteiger partial charge in [0.1, 0.15) is 0 Å². The number of carbonyl (C=O) groups is 1. The third-order valence-electron chi connectivity index (χ3n) is 0.994. The fourth-order valence-electron chi connectivity index (χ4n) is 0.526. The second kappa shape index (κ2) is 8.52. The second-order valence-electron chi connectivity index (χ2n) is 1.85. The fraction of sp³-hybridized carbons (Fsp3) is 0.833. The van der Waals surface area contributed by atoms with Gasteiger partial charge in [-0.15, -0.1) is 0 Å². The Bertz CT molecular complexity index is 73.5. The normalized spacial score (nSPS) is 8.11. The molecule has 0 atom stereocenters. The van der Waals surface area contributed by atoms with Crippen molar-refractivity contribution < 1.29 is 41.0 Å². The summed E-state index contributed by atoms with van der Waals surface area (Å²) in [4.78, 5) is 9.87. The molecule has 0 aromatic rings. The monoisotopic (exact) mass is 354 g/mol. The molecule has 9 heavy (non-hydrogen) atoms. The van der Waals surface area contributed by atoms with E-state index in [1.54, 1.807) is 0 Å². The minimum absolute atomic E-state index is 0. The summed E-state index contributed by atoms with van der Waals surface area (Å²) in [6, 6.07) is 0. The van der Waals surface area contributed by atoms with Gasteiger partial charge in [0.05, 0.1) is 0 Å². The van der Waals surface area contributed by atoms with Crippen LogP contribution in [-0.4, -0.2) is 11.1 Å². The van der Waals surface area contributed by atoms with Crippen molar-refractivity contribution >= 4 is 5.97 Å². The van der Waals surface area contributed by atoms with Gasteiger partial charge in [-0.25, -0.2) is 0 Å². The van der Waals surface area contributed by atoms with E-state index in [0.29, 0.717) is 6.42 Å². The minimum Gasteiger partial charge on any atom is -0.481 e. The van der Waals surface area contributed by atoms with E-state index < -0.39 is 5.97 Å². The van der Waals surface area contributed by atoms with Crippen molar-refractivity contribution in [2.24, 2.45) is 0 Å². The molecule has 3 heteroatoms. The van der Waals surface area contributed by atoms with Gasteiger partial charge in [0, 0.05) is 37.5 Å². The zero-order valence-electron chi connectivity index (χ0n) is 5.68. The molecule has 0 bridgehead atoms. The minimum atomic E-state index is -0.682. The average molecular weight is 354 g/mol. The Morgan fingerprint density at radius 1 is 1.44 bits per heavy atom. The molecule has 0 fully saturated rings. The molecule has 52 valence electrons. The van der Waals surface area contributed by atoms with Crippen molar-refractivity contribution in [3.63, 3.8) is 0 Å². The van der Waals surface area contributed by atoms with Gasteiger partial charge in [-0.1, -0.05) is 19.8 Å². The van der Waals surface area contributed by atoms with Crippen LogP contribution < -0.4 is 0 Å². The standard InChI is InChI=1S/C6H12O2.U/c1-2-3-4-5-6(7)8;/h2-5H2,1H3,(H,7,8);. The average Bonchev–Trinajstić information content (AvgIpc) is 1.66. The Kier molecular flexibility index (Phi) is 11.6. The molecule has 0 aliphatic carbocycles. The first-order valence-corrected chi connectivity index (χ1v) is 2.99. The number of unbranched alkanes of at least 4 members (excludes halogenated alkanes) is 2. The Hall–Kier alpha value is 0.522. The fourth-order valence-corrected chi connectivity index (χ4v) is 0.526. The number of carboxylic acids is 1. The maximum absolute atomic E-state index is 9.87. The number of hydrogen-bond donors (Lipinski definition) is 1. The summed E-state index contributed by atoms with van der Waals surface area (Å²) in [6.07, 6.45) is 3.28. The first kappa shape index (κ1) is 12.2. The summed E-state index contributed by atoms with van der Waals surface area (Å²) in [5.41, 5.74) is 0. The van der Waals surface area contributed by atoms with Crippen LogP contribution in [0.25, 0.3) is 0 Å². The Morgan fingerprint density at radius 2 is 2.00 bits per heavy atom. The molecule has 0 unspecified atom stereocenters. The first-order valence-electron chi connectivity index (χ1n) is 2.99. The molecule has 0 aliphatic rings. The van der Waals surface area contributed by atoms with Gasteiger partial charge in [-0.05, 0) is 6.42 Å². The molecule has 1 N–H and O–H groups in total. The first-order chi connectivity index (χ1) is 3.77. The van der Waals surface area contributed by atoms with E-state index >= 15 is 0 Å². The Balaban J connectivity index is 0. The van der Waals surface area contributed by atoms with E-state index in [4.69, 9.17) is 5.11 Å². The molecule has 0 rings (SSSR count). The van der Waals surface area contributed by atoms with E-state index in [9.17, 15) is 4.79 Å². The summed E-state index contributed by atoms with van der Waals surface area (Å²) in [6.45, 7) is 2.06. The quantitative estimate of drug-likeness (QED) is 0.780. The van der Waals surface area contributed by atoms with Gasteiger partial charge >= 0.3 is 5.97 Å². The molecule has 0 saturated heterocycles. The topological polar surface area (TPSA) is 37.3 Å². The molecule has 0 saturated carbocycles. The van der Waals surface area contributed by atoms with Crippen molar-refractivity contribution in [1.29, 1.82) is 0 Å². The van der Waals surface area contributed by atoms with E-state index in [2.05, 4.69) is 6.92 Å². The number of rotatable bonds is 4. The molecule has 2 nitrogen and oxygen atoms in total. The number of hydrogen-bond acceptors (Lipinski definition) is 1. The van der Waals surface area contributed by atoms with Gasteiger partial charge < -0.3 is 5.11 Å². The Labute approximate surface area is 79.4 Å². The predicted octanol–water partition coefficient (Wildman–Crippen LogP) is 1.65. The SMILES string of the molecule is CCCCCC(=O)O.[U].